The second-order valence-electron chi connectivity index (χ2n) is 16.2. The number of urea groups is 2. The quantitative estimate of drug-likeness (QED) is 0.0300. The lowest BCUT2D eigenvalue weighted by Crippen LogP contribution is -2.47. The van der Waals surface area contributed by atoms with Crippen molar-refractivity contribution in [1.82, 2.24) is 42.3 Å². The summed E-state index contributed by atoms with van der Waals surface area (Å²) in [6.07, 6.45) is 21.8. The molecule has 0 bridgehead atoms. The van der Waals surface area contributed by atoms with Gasteiger partial charge in [-0.3, -0.25) is 24.0 Å². The zero-order valence-corrected chi connectivity index (χ0v) is 38.2. The molecule has 350 valence electrons. The smallest absolute Gasteiger partial charge is 0.333 e. The number of nitrogens with zero attached hydrogens (tertiary/aromatic N) is 1. The van der Waals surface area contributed by atoms with Crippen molar-refractivity contribution in [2.45, 2.75) is 157 Å². The van der Waals surface area contributed by atoms with Gasteiger partial charge in [0.25, 0.3) is 11.8 Å². The number of nitrogens with one attached hydrogen (secondary N) is 7. The molecule has 5 heterocycles. The molecule has 5 saturated heterocycles. The molecule has 5 aliphatic rings. The summed E-state index contributed by atoms with van der Waals surface area (Å²) in [5, 5.41) is 21.8. The summed E-state index contributed by atoms with van der Waals surface area (Å²) in [4.78, 5) is 97.4. The number of hydrogen-bond donors (Lipinski definition) is 8. The molecule has 0 spiro atoms. The Labute approximate surface area is 380 Å². The number of fused-ring (bicyclic) bond motifs is 2. The summed E-state index contributed by atoms with van der Waals surface area (Å²) in [6, 6.07) is 0.490. The Morgan fingerprint density at radius 3 is 1.87 bits per heavy atom. The minimum absolute atomic E-state index is 0.0179. The van der Waals surface area contributed by atoms with Gasteiger partial charge in [-0.15, -0.1) is 17.9 Å². The second-order valence-corrected chi connectivity index (χ2v) is 18.7. The molecule has 5 rings (SSSR count). The standard InChI is InChI=1S/C20H30N4O6S.C20H32N4O3S.C3H5N/c25-15(7-4-3-6-14-19-13(12-31-14)22-20(29)23-19)21-11-5-1-2-8-18(28)30-24-16(26)9-10-17(24)27;1-3-12-21-16(25)10-5-4-8-13-22-17(26)11-7-6-9-15-18-20(2,14-28-15)24-19(27)23-18;1-2-3-4/h13-14,19H,1-12H2,(H,21,25)(H2,22,23,29);1,15,18H,4-14H2,2H3,(H,21,25)(H,22,26)(H2,23,24,27);1H,3-4H2/t13-,14-,19-;15-,18+,20-;/m00./s1. The fraction of sp³-hybridized carbons (Fsp3) is 0.721. The van der Waals surface area contributed by atoms with Crippen molar-refractivity contribution >= 4 is 71.1 Å². The molecule has 20 heteroatoms. The van der Waals surface area contributed by atoms with Crippen LogP contribution in [0.1, 0.15) is 122 Å². The number of imide groups is 1. The van der Waals surface area contributed by atoms with Gasteiger partial charge in [-0.2, -0.15) is 23.5 Å². The van der Waals surface area contributed by atoms with E-state index in [2.05, 4.69) is 62.4 Å². The fourth-order valence-electron chi connectivity index (χ4n) is 7.67. The molecule has 5 fully saturated rings. The van der Waals surface area contributed by atoms with Gasteiger partial charge in [-0.1, -0.05) is 37.5 Å². The number of carbonyl (C=O) groups is 8. The van der Waals surface area contributed by atoms with Crippen molar-refractivity contribution in [3.8, 4) is 24.7 Å². The highest BCUT2D eigenvalue weighted by molar-refractivity contribution is 8.00. The van der Waals surface area contributed by atoms with Crippen molar-refractivity contribution < 1.29 is 43.2 Å². The highest BCUT2D eigenvalue weighted by Gasteiger charge is 2.51. The van der Waals surface area contributed by atoms with Crippen LogP contribution in [0, 0.1) is 24.7 Å². The van der Waals surface area contributed by atoms with Crippen LogP contribution in [0.3, 0.4) is 0 Å². The average Bonchev–Trinajstić information content (AvgIpc) is 4.05. The number of carbonyl (C=O) groups excluding carboxylic acids is 8. The molecular formula is C43H67N9O9S2. The van der Waals surface area contributed by atoms with Gasteiger partial charge in [0.2, 0.25) is 17.7 Å². The maximum atomic E-state index is 11.9. The molecule has 9 N–H and O–H groups in total. The van der Waals surface area contributed by atoms with Crippen LogP contribution in [0.2, 0.25) is 0 Å². The number of terminal acetylenes is 2. The molecule has 0 aliphatic carbocycles. The number of nitrogens with two attached hydrogens (primary N) is 1. The van der Waals surface area contributed by atoms with Crippen LogP contribution in [0.15, 0.2) is 0 Å². The third-order valence-electron chi connectivity index (χ3n) is 11.1. The Balaban J connectivity index is 0.000000310. The first kappa shape index (κ1) is 52.7. The molecule has 18 nitrogen and oxygen atoms in total. The van der Waals surface area contributed by atoms with E-state index in [1.165, 1.54) is 0 Å². The predicted molar refractivity (Wildman–Crippen MR) is 242 cm³/mol. The van der Waals surface area contributed by atoms with Gasteiger partial charge < -0.3 is 47.8 Å². The lowest BCUT2D eigenvalue weighted by atomic mass is 9.92. The Morgan fingerprint density at radius 2 is 1.29 bits per heavy atom. The summed E-state index contributed by atoms with van der Waals surface area (Å²) in [5.74, 6) is 5.02. The third kappa shape index (κ3) is 19.3. The number of hydrogen-bond acceptors (Lipinski definition) is 12. The maximum Gasteiger partial charge on any atom is 0.333 e. The SMILES string of the molecule is C#CCN.C#CCNC(=O)CCCCCNC(=O)CCCC[C@@H]1SC[C@]2(C)NC(=O)N[C@H]12.O=C(CCCC[C@@H]1SC[C@@H]2NC(=O)N[C@@H]21)NCCCCCC(=O)ON1C(=O)CCC1=O. The zero-order chi connectivity index (χ0) is 46.0. The van der Waals surface area contributed by atoms with Crippen molar-refractivity contribution in [3.05, 3.63) is 0 Å². The van der Waals surface area contributed by atoms with E-state index in [-0.39, 0.29) is 79.3 Å². The molecule has 0 unspecified atom stereocenters. The zero-order valence-electron chi connectivity index (χ0n) is 36.5. The first-order valence-electron chi connectivity index (χ1n) is 22.1. The predicted octanol–water partition coefficient (Wildman–Crippen LogP) is 2.10. The molecule has 5 aliphatic heterocycles. The molecule has 0 aromatic rings. The summed E-state index contributed by atoms with van der Waals surface area (Å²) < 4.78 is 0. The first-order valence-corrected chi connectivity index (χ1v) is 24.2. The molecule has 0 radical (unpaired) electrons. The summed E-state index contributed by atoms with van der Waals surface area (Å²) >= 11 is 3.79. The average molecular weight is 918 g/mol. The van der Waals surface area contributed by atoms with E-state index in [1.807, 2.05) is 23.5 Å². The van der Waals surface area contributed by atoms with E-state index in [0.29, 0.717) is 60.9 Å². The van der Waals surface area contributed by atoms with Crippen LogP contribution in [0.5, 0.6) is 0 Å². The number of rotatable bonds is 24. The van der Waals surface area contributed by atoms with E-state index in [4.69, 9.17) is 17.0 Å². The minimum atomic E-state index is -0.590. The van der Waals surface area contributed by atoms with E-state index < -0.39 is 17.8 Å². The van der Waals surface area contributed by atoms with Crippen molar-refractivity contribution in [2.24, 2.45) is 5.73 Å². The third-order valence-corrected chi connectivity index (χ3v) is 14.3. The minimum Gasteiger partial charge on any atom is -0.356 e. The van der Waals surface area contributed by atoms with Gasteiger partial charge in [0.15, 0.2) is 0 Å². The first-order chi connectivity index (χ1) is 30.3. The molecule has 9 amide bonds. The van der Waals surface area contributed by atoms with Gasteiger partial charge in [-0.05, 0) is 58.3 Å². The van der Waals surface area contributed by atoms with Crippen molar-refractivity contribution in [2.75, 3.05) is 37.7 Å². The number of amides is 9. The normalized spacial score (nSPS) is 23.7. The highest BCUT2D eigenvalue weighted by Crippen LogP contribution is 2.39. The lowest BCUT2D eigenvalue weighted by Gasteiger charge is -2.23. The molecule has 63 heavy (non-hydrogen) atoms. The van der Waals surface area contributed by atoms with Crippen LogP contribution < -0.4 is 43.0 Å². The highest BCUT2D eigenvalue weighted by atomic mass is 32.2. The van der Waals surface area contributed by atoms with Crippen LogP contribution in [0.25, 0.3) is 0 Å². The van der Waals surface area contributed by atoms with Crippen LogP contribution in [0.4, 0.5) is 9.59 Å². The van der Waals surface area contributed by atoms with Crippen molar-refractivity contribution in [3.63, 3.8) is 0 Å². The lowest BCUT2D eigenvalue weighted by molar-refractivity contribution is -0.197. The largest absolute Gasteiger partial charge is 0.356 e. The molecule has 6 atom stereocenters. The van der Waals surface area contributed by atoms with Gasteiger partial charge >= 0.3 is 18.0 Å². The summed E-state index contributed by atoms with van der Waals surface area (Å²) in [5.41, 5.74) is 4.66. The fourth-order valence-corrected chi connectivity index (χ4v) is 10.9. The molecule has 0 saturated carbocycles. The molecule has 0 aromatic heterocycles. The topological polar surface area (TPSA) is 259 Å². The van der Waals surface area contributed by atoms with Gasteiger partial charge in [0.1, 0.15) is 0 Å². The van der Waals surface area contributed by atoms with E-state index in [9.17, 15) is 38.4 Å². The molecule has 0 aromatic carbocycles. The van der Waals surface area contributed by atoms with E-state index in [0.717, 1.165) is 82.1 Å². The Kier molecular flexibility index (Phi) is 24.2. The monoisotopic (exact) mass is 917 g/mol. The summed E-state index contributed by atoms with van der Waals surface area (Å²) in [6.45, 7) is 3.93. The van der Waals surface area contributed by atoms with Gasteiger partial charge in [-0.25, -0.2) is 14.4 Å². The maximum absolute atomic E-state index is 11.9. The Hall–Kier alpha value is -4.66. The van der Waals surface area contributed by atoms with E-state index >= 15 is 0 Å². The second kappa shape index (κ2) is 28.9. The number of hydroxylamine groups is 2. The Bertz CT molecular complexity index is 1640. The van der Waals surface area contributed by atoms with E-state index in [1.54, 1.807) is 0 Å². The summed E-state index contributed by atoms with van der Waals surface area (Å²) in [7, 11) is 0. The molecular weight excluding hydrogens is 851 g/mol. The van der Waals surface area contributed by atoms with Gasteiger partial charge in [0.05, 0.1) is 36.8 Å². The van der Waals surface area contributed by atoms with Crippen LogP contribution >= 0.6 is 23.5 Å². The number of unbranched alkanes of at least 4 members (excludes halogenated alkanes) is 6. The van der Waals surface area contributed by atoms with Gasteiger partial charge in [0, 0.05) is 73.6 Å². The van der Waals surface area contributed by atoms with Crippen molar-refractivity contribution in [1.29, 1.82) is 0 Å². The van der Waals surface area contributed by atoms with Crippen LogP contribution in [-0.2, 0) is 33.6 Å². The Morgan fingerprint density at radius 1 is 0.730 bits per heavy atom. The number of thioether (sulfide) groups is 2. The van der Waals surface area contributed by atoms with Crippen LogP contribution in [-0.4, -0.2) is 124 Å².